The van der Waals surface area contributed by atoms with Gasteiger partial charge in [0.05, 0.1) is 35.2 Å². The first kappa shape index (κ1) is 42.3. The largest absolute Gasteiger partial charge is 2.00 e. The van der Waals surface area contributed by atoms with E-state index in [0.717, 1.165) is 74.1 Å². The van der Waals surface area contributed by atoms with E-state index < -0.39 is 0 Å². The summed E-state index contributed by atoms with van der Waals surface area (Å²) < 4.78 is 0. The second-order valence-electron chi connectivity index (χ2n) is 11.4. The summed E-state index contributed by atoms with van der Waals surface area (Å²) in [6, 6.07) is 13.0. The van der Waals surface area contributed by atoms with Gasteiger partial charge in [0.15, 0.2) is 0 Å². The maximum Gasteiger partial charge on any atom is 2.00 e. The molecule has 0 saturated heterocycles. The smallest absolute Gasteiger partial charge is 1.00 e. The van der Waals surface area contributed by atoms with E-state index in [1.807, 2.05) is 24.6 Å². The van der Waals surface area contributed by atoms with E-state index in [9.17, 15) is 0 Å². The van der Waals surface area contributed by atoms with E-state index in [0.29, 0.717) is 5.02 Å². The minimum atomic E-state index is 0. The number of aliphatic imine (C=N–C) groups is 2. The van der Waals surface area contributed by atoms with Gasteiger partial charge in [0.1, 0.15) is 0 Å². The molecule has 7 heteroatoms. The average molecular weight is 699 g/mol. The molecular weight excluding hydrogens is 649 g/mol. The summed E-state index contributed by atoms with van der Waals surface area (Å²) in [5.74, 6) is 0. The third kappa shape index (κ3) is 13.4. The molecule has 44 heavy (non-hydrogen) atoms. The van der Waals surface area contributed by atoms with Gasteiger partial charge in [-0.2, -0.15) is 0 Å². The fraction of sp³-hybridized carbons (Fsp3) is 0.486. The van der Waals surface area contributed by atoms with Crippen molar-refractivity contribution in [2.75, 3.05) is 0 Å². The second kappa shape index (κ2) is 22.8. The molecule has 2 aromatic carbocycles. The summed E-state index contributed by atoms with van der Waals surface area (Å²) in [4.78, 5) is 15.0. The van der Waals surface area contributed by atoms with E-state index >= 15 is 0 Å². The Balaban J connectivity index is 0.00000616. The first-order valence-electron chi connectivity index (χ1n) is 15.9. The predicted molar refractivity (Wildman–Crippen MR) is 181 cm³/mol. The number of unbranched alkanes of at least 4 members (excludes halogenated alkanes) is 4. The van der Waals surface area contributed by atoms with Crippen LogP contribution < -0.4 is 24.8 Å². The standard InChI is InChI=1S/C37H50ClN3.2ClH.Fe/c1-7-11-15-29-19-27(5)20-30(16-12-8-2)36(29)39-25-34-23-33(38)24-35(41-34)26-40-37-31(17-13-9-3)21-28(6)22-32(37)18-14-10-4;;;/h19-26H,7-18H2,1-6H3;2*1H;/q;;;+2/p-2. The van der Waals surface area contributed by atoms with Crippen LogP contribution >= 0.6 is 11.6 Å². The molecule has 3 rings (SSSR count). The summed E-state index contributed by atoms with van der Waals surface area (Å²) in [7, 11) is 0. The molecule has 0 spiro atoms. The summed E-state index contributed by atoms with van der Waals surface area (Å²) in [6.45, 7) is 13.4. The van der Waals surface area contributed by atoms with Crippen molar-refractivity contribution in [1.29, 1.82) is 0 Å². The van der Waals surface area contributed by atoms with Gasteiger partial charge >= 0.3 is 17.1 Å². The third-order valence-electron chi connectivity index (χ3n) is 7.50. The number of hydrogen-bond donors (Lipinski definition) is 0. The van der Waals surface area contributed by atoms with Crippen molar-refractivity contribution in [2.24, 2.45) is 9.98 Å². The van der Waals surface area contributed by atoms with Crippen LogP contribution in [0.25, 0.3) is 0 Å². The van der Waals surface area contributed by atoms with Crippen molar-refractivity contribution < 1.29 is 41.9 Å². The van der Waals surface area contributed by atoms with Crippen molar-refractivity contribution in [1.82, 2.24) is 4.98 Å². The molecule has 3 nitrogen and oxygen atoms in total. The number of pyridine rings is 1. The summed E-state index contributed by atoms with van der Waals surface area (Å²) in [5.41, 5.74) is 11.7. The van der Waals surface area contributed by atoms with E-state index in [1.54, 1.807) is 0 Å². The van der Waals surface area contributed by atoms with Gasteiger partial charge in [-0.05, 0) is 99.6 Å². The van der Waals surface area contributed by atoms with Gasteiger partial charge < -0.3 is 24.8 Å². The van der Waals surface area contributed by atoms with E-state index in [1.165, 1.54) is 59.1 Å². The number of nitrogens with zero attached hydrogens (tertiary/aromatic N) is 3. The molecule has 1 heterocycles. The fourth-order valence-corrected chi connectivity index (χ4v) is 5.59. The number of aryl methyl sites for hydroxylation is 6. The molecule has 242 valence electrons. The molecule has 0 aliphatic heterocycles. The normalized spacial score (nSPS) is 11.0. The van der Waals surface area contributed by atoms with Gasteiger partial charge in [-0.3, -0.25) is 9.98 Å². The van der Waals surface area contributed by atoms with Crippen LogP contribution in [-0.4, -0.2) is 17.4 Å². The molecular formula is C37H50Cl3FeN3. The fourth-order valence-electron chi connectivity index (χ4n) is 5.36. The van der Waals surface area contributed by atoms with Crippen LogP contribution in [0.4, 0.5) is 11.4 Å². The minimum Gasteiger partial charge on any atom is -1.00 e. The molecule has 0 radical (unpaired) electrons. The van der Waals surface area contributed by atoms with Crippen LogP contribution in [0.3, 0.4) is 0 Å². The molecule has 0 aliphatic rings. The molecule has 3 aromatic rings. The van der Waals surface area contributed by atoms with E-state index in [4.69, 9.17) is 26.6 Å². The molecule has 1 aromatic heterocycles. The molecule has 0 N–H and O–H groups in total. The number of halogens is 3. The Morgan fingerprint density at radius 1 is 0.568 bits per heavy atom. The third-order valence-corrected chi connectivity index (χ3v) is 7.72. The quantitative estimate of drug-likeness (QED) is 0.149. The Hall–Kier alpha value is -1.68. The van der Waals surface area contributed by atoms with Crippen molar-refractivity contribution in [2.45, 2.75) is 119 Å². The molecule has 0 bridgehead atoms. The monoisotopic (exact) mass is 697 g/mol. The zero-order chi connectivity index (χ0) is 29.6. The number of hydrogen-bond acceptors (Lipinski definition) is 3. The number of rotatable bonds is 16. The average Bonchev–Trinajstić information content (AvgIpc) is 2.95. The predicted octanol–water partition coefficient (Wildman–Crippen LogP) is 5.23. The summed E-state index contributed by atoms with van der Waals surface area (Å²) in [6.07, 6.45) is 17.3. The molecule has 0 fully saturated rings. The van der Waals surface area contributed by atoms with E-state index in [-0.39, 0.29) is 41.9 Å². The Morgan fingerprint density at radius 3 is 1.14 bits per heavy atom. The molecule has 0 saturated carbocycles. The minimum absolute atomic E-state index is 0. The first-order valence-corrected chi connectivity index (χ1v) is 16.3. The van der Waals surface area contributed by atoms with E-state index in [2.05, 4.69) is 65.8 Å². The van der Waals surface area contributed by atoms with Gasteiger partial charge in [-0.1, -0.05) is 100 Å². The van der Waals surface area contributed by atoms with Crippen molar-refractivity contribution in [3.05, 3.63) is 86.2 Å². The van der Waals surface area contributed by atoms with Crippen LogP contribution in [0, 0.1) is 13.8 Å². The van der Waals surface area contributed by atoms with Crippen molar-refractivity contribution in [3.63, 3.8) is 0 Å². The van der Waals surface area contributed by atoms with Crippen LogP contribution in [0.15, 0.2) is 46.4 Å². The van der Waals surface area contributed by atoms with Gasteiger partial charge in [-0.25, -0.2) is 4.98 Å². The maximum atomic E-state index is 6.59. The summed E-state index contributed by atoms with van der Waals surface area (Å²) in [5, 5.41) is 0.644. The zero-order valence-corrected chi connectivity index (χ0v) is 30.8. The van der Waals surface area contributed by atoms with Crippen LogP contribution in [0.2, 0.25) is 5.02 Å². The van der Waals surface area contributed by atoms with Gasteiger partial charge in [0.25, 0.3) is 0 Å². The topological polar surface area (TPSA) is 37.6 Å². The SMILES string of the molecule is CCCCc1cc(C)cc(CCCC)c1N=Cc1cc(Cl)cc(C=Nc2c(CCCC)cc(C)cc2CCCC)n1.[Cl-].[Cl-].[Fe+2]. The maximum absolute atomic E-state index is 6.59. The van der Waals surface area contributed by atoms with Gasteiger partial charge in [0.2, 0.25) is 0 Å². The van der Waals surface area contributed by atoms with Gasteiger partial charge in [0, 0.05) is 5.02 Å². The van der Waals surface area contributed by atoms with Gasteiger partial charge in [-0.15, -0.1) is 0 Å². The Labute approximate surface area is 295 Å². The number of aromatic nitrogens is 1. The first-order chi connectivity index (χ1) is 19.9. The molecule has 0 atom stereocenters. The molecule has 0 amide bonds. The molecule has 0 unspecified atom stereocenters. The Bertz CT molecular complexity index is 1180. The van der Waals surface area contributed by atoms with Crippen LogP contribution in [0.5, 0.6) is 0 Å². The molecule has 0 aliphatic carbocycles. The van der Waals surface area contributed by atoms with Crippen molar-refractivity contribution in [3.8, 4) is 0 Å². The van der Waals surface area contributed by atoms with Crippen molar-refractivity contribution >= 4 is 35.4 Å². The summed E-state index contributed by atoms with van der Waals surface area (Å²) >= 11 is 6.59. The van der Waals surface area contributed by atoms with Crippen LogP contribution in [0.1, 0.15) is 124 Å². The van der Waals surface area contributed by atoms with Crippen LogP contribution in [-0.2, 0) is 42.8 Å². The second-order valence-corrected chi connectivity index (χ2v) is 11.9. The number of benzene rings is 2. The Kier molecular flexibility index (Phi) is 21.9. The Morgan fingerprint density at radius 2 is 0.864 bits per heavy atom. The zero-order valence-electron chi connectivity index (χ0n) is 27.4.